The van der Waals surface area contributed by atoms with Crippen molar-refractivity contribution in [3.8, 4) is 22.8 Å². The number of fused-ring (bicyclic) bond motifs is 1. The fourth-order valence-electron chi connectivity index (χ4n) is 3.68. The first-order chi connectivity index (χ1) is 18.2. The van der Waals surface area contributed by atoms with Crippen molar-refractivity contribution >= 4 is 44.5 Å². The minimum atomic E-state index is -3.78. The Morgan fingerprint density at radius 1 is 1.08 bits per heavy atom. The molecule has 0 saturated heterocycles. The number of methoxy groups -OCH3 is 1. The highest BCUT2D eigenvalue weighted by atomic mass is 32.2. The van der Waals surface area contributed by atoms with E-state index in [0.717, 1.165) is 5.56 Å². The van der Waals surface area contributed by atoms with Gasteiger partial charge in [-0.1, -0.05) is 23.5 Å². The summed E-state index contributed by atoms with van der Waals surface area (Å²) in [5, 5.41) is 9.45. The third kappa shape index (κ3) is 5.23. The van der Waals surface area contributed by atoms with E-state index in [9.17, 15) is 13.2 Å². The molecule has 0 fully saturated rings. The number of hydrogen-bond donors (Lipinski definition) is 1. The predicted octanol–water partition coefficient (Wildman–Crippen LogP) is 3.18. The number of benzene rings is 2. The molecule has 0 atom stereocenters. The van der Waals surface area contributed by atoms with E-state index in [1.165, 1.54) is 28.0 Å². The molecule has 10 nitrogen and oxygen atoms in total. The van der Waals surface area contributed by atoms with Crippen LogP contribution in [0.4, 0.5) is 0 Å². The number of ether oxygens (including phenoxy) is 2. The zero-order valence-corrected chi connectivity index (χ0v) is 22.0. The molecule has 12 heteroatoms. The number of primary sulfonamides is 1. The lowest BCUT2D eigenvalue weighted by Crippen LogP contribution is -2.23. The molecule has 5 rings (SSSR count). The van der Waals surface area contributed by atoms with E-state index in [2.05, 4.69) is 10.1 Å². The minimum Gasteiger partial charge on any atom is -0.493 e. The first kappa shape index (κ1) is 25.4. The number of thiazole rings is 1. The zero-order valence-electron chi connectivity index (χ0n) is 20.3. The number of hydrogen-bond acceptors (Lipinski definition) is 9. The molecule has 0 aliphatic rings. The Morgan fingerprint density at radius 2 is 1.87 bits per heavy atom. The molecule has 0 radical (unpaired) electrons. The molecular weight excluding hydrogens is 528 g/mol. The number of sulfonamides is 1. The summed E-state index contributed by atoms with van der Waals surface area (Å²) < 4.78 is 41.3. The van der Waals surface area contributed by atoms with Gasteiger partial charge in [-0.25, -0.2) is 13.6 Å². The van der Waals surface area contributed by atoms with Crippen LogP contribution in [0, 0.1) is 0 Å². The average molecular weight is 551 g/mol. The van der Waals surface area contributed by atoms with Gasteiger partial charge in [-0.2, -0.15) is 9.50 Å². The number of rotatable bonds is 8. The summed E-state index contributed by atoms with van der Waals surface area (Å²) in [5.74, 6) is 2.66. The normalized spacial score (nSPS) is 12.6. The van der Waals surface area contributed by atoms with Gasteiger partial charge in [0.25, 0.3) is 5.56 Å². The van der Waals surface area contributed by atoms with Gasteiger partial charge >= 0.3 is 0 Å². The molecule has 5 aromatic rings. The lowest BCUT2D eigenvalue weighted by Gasteiger charge is -2.09. The topological polar surface area (TPSA) is 139 Å². The summed E-state index contributed by atoms with van der Waals surface area (Å²) in [5.41, 5.74) is 1.23. The molecular formula is C26H22N4O6S2. The largest absolute Gasteiger partial charge is 0.493 e. The summed E-state index contributed by atoms with van der Waals surface area (Å²) in [7, 11) is -2.19. The molecule has 0 unspecified atom stereocenters. The van der Waals surface area contributed by atoms with Crippen molar-refractivity contribution in [1.82, 2.24) is 14.6 Å². The van der Waals surface area contributed by atoms with Crippen LogP contribution in [0.15, 0.2) is 68.7 Å². The molecule has 2 N–H and O–H groups in total. The van der Waals surface area contributed by atoms with Crippen LogP contribution < -0.4 is 24.7 Å². The first-order valence-corrected chi connectivity index (χ1v) is 13.7. The Labute approximate surface area is 221 Å². The van der Waals surface area contributed by atoms with Crippen LogP contribution in [0.25, 0.3) is 34.5 Å². The van der Waals surface area contributed by atoms with Gasteiger partial charge < -0.3 is 13.9 Å². The van der Waals surface area contributed by atoms with Crippen LogP contribution in [0.1, 0.15) is 24.1 Å². The predicted molar refractivity (Wildman–Crippen MR) is 145 cm³/mol. The Balaban J connectivity index is 1.37. The summed E-state index contributed by atoms with van der Waals surface area (Å²) in [6, 6.07) is 15.0. The van der Waals surface area contributed by atoms with E-state index < -0.39 is 10.0 Å². The quantitative estimate of drug-likeness (QED) is 0.311. The van der Waals surface area contributed by atoms with Crippen LogP contribution >= 0.6 is 11.3 Å². The summed E-state index contributed by atoms with van der Waals surface area (Å²) in [6.07, 6.45) is 5.17. The Morgan fingerprint density at radius 3 is 2.55 bits per heavy atom. The molecule has 0 bridgehead atoms. The second-order valence-corrected chi connectivity index (χ2v) is 10.6. The molecule has 0 aliphatic heterocycles. The van der Waals surface area contributed by atoms with Gasteiger partial charge in [0, 0.05) is 11.6 Å². The van der Waals surface area contributed by atoms with Crippen molar-refractivity contribution in [2.75, 3.05) is 13.7 Å². The van der Waals surface area contributed by atoms with Crippen molar-refractivity contribution < 1.29 is 22.3 Å². The fourth-order valence-corrected chi connectivity index (χ4v) is 5.09. The lowest BCUT2D eigenvalue weighted by molar-refractivity contribution is 0.311. The maximum absolute atomic E-state index is 12.9. The van der Waals surface area contributed by atoms with E-state index in [0.29, 0.717) is 50.5 Å². The van der Waals surface area contributed by atoms with Crippen molar-refractivity contribution in [3.05, 3.63) is 86.6 Å². The number of furan rings is 1. The number of aromatic nitrogens is 3. The van der Waals surface area contributed by atoms with Gasteiger partial charge in [-0.05, 0) is 67.1 Å². The summed E-state index contributed by atoms with van der Waals surface area (Å²) >= 11 is 1.19. The van der Waals surface area contributed by atoms with Crippen molar-refractivity contribution in [3.63, 3.8) is 0 Å². The van der Waals surface area contributed by atoms with E-state index in [1.54, 1.807) is 43.5 Å². The van der Waals surface area contributed by atoms with Gasteiger partial charge in [0.05, 0.1) is 18.6 Å². The maximum Gasteiger partial charge on any atom is 0.291 e. The summed E-state index contributed by atoms with van der Waals surface area (Å²) in [4.78, 5) is 17.8. The Kier molecular flexibility index (Phi) is 6.85. The third-order valence-corrected chi connectivity index (χ3v) is 7.37. The number of nitrogens with zero attached hydrogens (tertiary/aromatic N) is 3. The average Bonchev–Trinajstić information content (AvgIpc) is 3.60. The van der Waals surface area contributed by atoms with Crippen LogP contribution in [0.2, 0.25) is 0 Å². The Hall–Kier alpha value is -4.26. The van der Waals surface area contributed by atoms with Crippen molar-refractivity contribution in [2.45, 2.75) is 11.8 Å². The fraction of sp³-hybridized carbons (Fsp3) is 0.115. The second-order valence-electron chi connectivity index (χ2n) is 8.03. The van der Waals surface area contributed by atoms with Crippen LogP contribution in [0.3, 0.4) is 0 Å². The van der Waals surface area contributed by atoms with E-state index in [4.69, 9.17) is 19.0 Å². The van der Waals surface area contributed by atoms with Gasteiger partial charge in [-0.15, -0.1) is 5.10 Å². The minimum absolute atomic E-state index is 0.0124. The molecule has 3 aromatic heterocycles. The smallest absolute Gasteiger partial charge is 0.291 e. The van der Waals surface area contributed by atoms with E-state index >= 15 is 0 Å². The molecule has 2 aromatic carbocycles. The maximum atomic E-state index is 12.9. The van der Waals surface area contributed by atoms with Crippen LogP contribution in [-0.2, 0) is 10.0 Å². The van der Waals surface area contributed by atoms with Gasteiger partial charge in [0.1, 0.15) is 16.1 Å². The lowest BCUT2D eigenvalue weighted by atomic mass is 10.2. The molecule has 3 heterocycles. The summed E-state index contributed by atoms with van der Waals surface area (Å²) in [6.45, 7) is 2.44. The highest BCUT2D eigenvalue weighted by Gasteiger charge is 2.12. The van der Waals surface area contributed by atoms with Crippen LogP contribution in [-0.4, -0.2) is 36.7 Å². The van der Waals surface area contributed by atoms with Crippen molar-refractivity contribution in [2.24, 2.45) is 5.14 Å². The van der Waals surface area contributed by atoms with E-state index in [-0.39, 0.29) is 10.5 Å². The SMILES string of the molecule is CCOc1ccc(/C=C/c2nc3s/c(=C\c4ccc(-c5ccc(S(N)(=O)=O)cc5)o4)c(=O)n3n2)cc1OC. The highest BCUT2D eigenvalue weighted by molar-refractivity contribution is 7.89. The third-order valence-electron chi connectivity index (χ3n) is 5.48. The molecule has 0 spiro atoms. The standard InChI is InChI=1S/C26H22N4O6S2/c1-3-35-21-11-4-16(14-22(21)34-2)5-13-24-28-26-30(29-24)25(31)23(37-26)15-18-8-12-20(36-18)17-6-9-19(10-7-17)38(27,32)33/h4-15H,3H2,1-2H3,(H2,27,32,33)/b13-5+,23-15-. The molecule has 38 heavy (non-hydrogen) atoms. The first-order valence-electron chi connectivity index (χ1n) is 11.4. The monoisotopic (exact) mass is 550 g/mol. The van der Waals surface area contributed by atoms with Crippen LogP contribution in [0.5, 0.6) is 11.5 Å². The molecule has 194 valence electrons. The Bertz CT molecular complexity index is 1870. The van der Waals surface area contributed by atoms with Gasteiger partial charge in [0.15, 0.2) is 17.3 Å². The van der Waals surface area contributed by atoms with Crippen molar-refractivity contribution in [1.29, 1.82) is 0 Å². The van der Waals surface area contributed by atoms with Gasteiger partial charge in [-0.3, -0.25) is 4.79 Å². The second kappa shape index (κ2) is 10.2. The highest BCUT2D eigenvalue weighted by Crippen LogP contribution is 2.29. The molecule has 0 amide bonds. The molecule has 0 aliphatic carbocycles. The zero-order chi connectivity index (χ0) is 26.9. The molecule has 0 saturated carbocycles. The number of nitrogens with two attached hydrogens (primary N) is 1. The van der Waals surface area contributed by atoms with Gasteiger partial charge in [0.2, 0.25) is 15.0 Å². The van der Waals surface area contributed by atoms with E-state index in [1.807, 2.05) is 31.2 Å².